The summed E-state index contributed by atoms with van der Waals surface area (Å²) >= 11 is 0. The Morgan fingerprint density at radius 3 is 1.88 bits per heavy atom. The van der Waals surface area contributed by atoms with E-state index in [0.29, 0.717) is 25.1 Å². The number of sulfone groups is 1. The van der Waals surface area contributed by atoms with Gasteiger partial charge in [-0.05, 0) is 87.6 Å². The van der Waals surface area contributed by atoms with Gasteiger partial charge in [-0.3, -0.25) is 19.4 Å². The smallest absolute Gasteiger partial charge is 0.329 e. The molecule has 0 spiro atoms. The van der Waals surface area contributed by atoms with Crippen molar-refractivity contribution in [3.63, 3.8) is 0 Å². The van der Waals surface area contributed by atoms with E-state index in [0.717, 1.165) is 29.7 Å². The highest BCUT2D eigenvalue weighted by Gasteiger charge is 2.18. The van der Waals surface area contributed by atoms with E-state index < -0.39 is 21.4 Å². The van der Waals surface area contributed by atoms with Crippen molar-refractivity contribution in [2.75, 3.05) is 72.6 Å². The summed E-state index contributed by atoms with van der Waals surface area (Å²) in [6, 6.07) is 17.6. The zero-order valence-corrected chi connectivity index (χ0v) is 34.2. The molecule has 3 N–H and O–H groups in total. The molecule has 0 aliphatic heterocycles. The van der Waals surface area contributed by atoms with Gasteiger partial charge in [0.25, 0.3) is 5.91 Å². The number of pyridine rings is 1. The first kappa shape index (κ1) is 47.4. The van der Waals surface area contributed by atoms with Crippen molar-refractivity contribution in [1.29, 1.82) is 0 Å². The summed E-state index contributed by atoms with van der Waals surface area (Å²) in [4.78, 5) is 50.8. The van der Waals surface area contributed by atoms with E-state index in [4.69, 9.17) is 33.5 Å². The fourth-order valence-electron chi connectivity index (χ4n) is 5.04. The van der Waals surface area contributed by atoms with Crippen LogP contribution in [0.4, 0.5) is 0 Å². The third kappa shape index (κ3) is 20.5. The Labute approximate surface area is 339 Å². The average molecular weight is 830 g/mol. The Bertz CT molecular complexity index is 1810. The SMILES string of the molecule is CC(C)(C)OC(=O)CCCOc1ccc(CCc2ccc(S(=O)(=O)Cc3ccc(C(=O)NCCOCCOCC(=O)NCCOCCOCC(=O)O)cn3)cc2)cc1. The summed E-state index contributed by atoms with van der Waals surface area (Å²) in [5.74, 6) is -1.60. The lowest BCUT2D eigenvalue weighted by Gasteiger charge is -2.19. The summed E-state index contributed by atoms with van der Waals surface area (Å²) in [6.45, 7) is 7.06. The van der Waals surface area contributed by atoms with Gasteiger partial charge in [0.2, 0.25) is 5.91 Å². The molecular weight excluding hydrogens is 775 g/mol. The van der Waals surface area contributed by atoms with E-state index in [1.54, 1.807) is 24.3 Å². The first-order valence-corrected chi connectivity index (χ1v) is 20.6. The predicted octanol–water partition coefficient (Wildman–Crippen LogP) is 3.34. The van der Waals surface area contributed by atoms with E-state index in [2.05, 4.69) is 15.6 Å². The number of aryl methyl sites for hydroxylation is 2. The molecule has 0 saturated carbocycles. The largest absolute Gasteiger partial charge is 0.494 e. The van der Waals surface area contributed by atoms with Gasteiger partial charge in [0.05, 0.1) is 68.2 Å². The van der Waals surface area contributed by atoms with Gasteiger partial charge in [0.1, 0.15) is 24.6 Å². The van der Waals surface area contributed by atoms with Gasteiger partial charge in [-0.2, -0.15) is 0 Å². The molecule has 0 bridgehead atoms. The average Bonchev–Trinajstić information content (AvgIpc) is 3.17. The van der Waals surface area contributed by atoms with Crippen LogP contribution in [0.25, 0.3) is 0 Å². The second kappa shape index (κ2) is 25.4. The lowest BCUT2D eigenvalue weighted by atomic mass is 10.0. The molecule has 0 aliphatic rings. The molecule has 318 valence electrons. The molecule has 0 radical (unpaired) electrons. The Morgan fingerprint density at radius 2 is 1.29 bits per heavy atom. The number of hydrogen-bond donors (Lipinski definition) is 3. The molecule has 2 amide bonds. The predicted molar refractivity (Wildman–Crippen MR) is 212 cm³/mol. The highest BCUT2D eigenvalue weighted by molar-refractivity contribution is 7.90. The number of esters is 1. The van der Waals surface area contributed by atoms with E-state index in [1.807, 2.05) is 45.0 Å². The van der Waals surface area contributed by atoms with Crippen molar-refractivity contribution in [2.24, 2.45) is 0 Å². The lowest BCUT2D eigenvalue weighted by Crippen LogP contribution is -2.31. The van der Waals surface area contributed by atoms with Crippen molar-refractivity contribution in [3.05, 3.63) is 89.2 Å². The van der Waals surface area contributed by atoms with Crippen LogP contribution in [0.15, 0.2) is 71.8 Å². The Hall–Kier alpha value is -4.94. The summed E-state index contributed by atoms with van der Waals surface area (Å²) in [7, 11) is -3.68. The standard InChI is InChI=1S/C41H55N3O13S/c1-41(2,3)57-39(48)5-4-20-56-35-14-8-31(9-15-35)6-7-32-10-16-36(17-11-32)58(50,51)30-34-13-12-33(27-44-34)40(49)43-19-22-53-23-25-54-28-37(45)42-18-21-52-24-26-55-29-38(46)47/h8-17,27H,4-7,18-26,28-30H2,1-3H3,(H,42,45)(H,43,49)(H,46,47). The van der Waals surface area contributed by atoms with Crippen molar-refractivity contribution >= 4 is 33.6 Å². The van der Waals surface area contributed by atoms with Gasteiger partial charge in [-0.15, -0.1) is 0 Å². The number of ether oxygens (including phenoxy) is 6. The minimum absolute atomic E-state index is 0.144. The third-order valence-electron chi connectivity index (χ3n) is 7.85. The molecule has 16 nitrogen and oxygen atoms in total. The molecule has 58 heavy (non-hydrogen) atoms. The first-order valence-electron chi connectivity index (χ1n) is 19.0. The van der Waals surface area contributed by atoms with Crippen LogP contribution in [0.1, 0.15) is 60.8 Å². The number of nitrogens with one attached hydrogen (secondary N) is 2. The normalized spacial score (nSPS) is 11.5. The number of rotatable bonds is 28. The maximum absolute atomic E-state index is 13.1. The molecular formula is C41H55N3O13S. The van der Waals surface area contributed by atoms with Crippen LogP contribution in [-0.4, -0.2) is 120 Å². The summed E-state index contributed by atoms with van der Waals surface area (Å²) < 4.78 is 58.0. The Balaban J connectivity index is 1.26. The van der Waals surface area contributed by atoms with Gasteiger partial charge >= 0.3 is 11.9 Å². The minimum atomic E-state index is -3.68. The first-order chi connectivity index (χ1) is 27.7. The molecule has 0 aliphatic carbocycles. The second-order valence-electron chi connectivity index (χ2n) is 14.0. The molecule has 3 aromatic rings. The van der Waals surface area contributed by atoms with Crippen molar-refractivity contribution in [2.45, 2.75) is 62.7 Å². The van der Waals surface area contributed by atoms with Gasteiger partial charge in [-0.1, -0.05) is 24.3 Å². The number of nitrogens with zero attached hydrogens (tertiary/aromatic N) is 1. The number of aliphatic carboxylic acids is 1. The number of carboxylic acid groups (broad SMARTS) is 1. The Morgan fingerprint density at radius 1 is 0.707 bits per heavy atom. The monoisotopic (exact) mass is 829 g/mol. The van der Waals surface area contributed by atoms with E-state index >= 15 is 0 Å². The molecule has 0 unspecified atom stereocenters. The summed E-state index contributed by atoms with van der Waals surface area (Å²) in [5.41, 5.74) is 2.18. The number of amides is 2. The summed E-state index contributed by atoms with van der Waals surface area (Å²) in [5, 5.41) is 13.8. The number of benzene rings is 2. The van der Waals surface area contributed by atoms with Crippen LogP contribution in [0.2, 0.25) is 0 Å². The highest BCUT2D eigenvalue weighted by Crippen LogP contribution is 2.19. The highest BCUT2D eigenvalue weighted by atomic mass is 32.2. The van der Waals surface area contributed by atoms with Crippen molar-refractivity contribution in [3.8, 4) is 5.75 Å². The van der Waals surface area contributed by atoms with Crippen LogP contribution in [0.5, 0.6) is 5.75 Å². The van der Waals surface area contributed by atoms with Crippen LogP contribution < -0.4 is 15.4 Å². The molecule has 1 heterocycles. The molecule has 1 aromatic heterocycles. The fourth-order valence-corrected chi connectivity index (χ4v) is 6.32. The number of hydrogen-bond acceptors (Lipinski definition) is 13. The lowest BCUT2D eigenvalue weighted by molar-refractivity contribution is -0.155. The van der Waals surface area contributed by atoms with E-state index in [9.17, 15) is 27.6 Å². The molecule has 0 fully saturated rings. The molecule has 0 atom stereocenters. The maximum Gasteiger partial charge on any atom is 0.329 e. The second-order valence-corrected chi connectivity index (χ2v) is 15.9. The molecule has 3 rings (SSSR count). The number of carbonyl (C=O) groups excluding carboxylic acids is 3. The van der Waals surface area contributed by atoms with Crippen LogP contribution in [-0.2, 0) is 66.5 Å². The number of carbonyl (C=O) groups is 4. The molecule has 0 saturated heterocycles. The molecule has 17 heteroatoms. The van der Waals surface area contributed by atoms with Gasteiger partial charge in [-0.25, -0.2) is 13.2 Å². The maximum atomic E-state index is 13.1. The summed E-state index contributed by atoms with van der Waals surface area (Å²) in [6.07, 6.45) is 3.67. The molecule has 2 aromatic carbocycles. The van der Waals surface area contributed by atoms with Crippen LogP contribution in [0, 0.1) is 0 Å². The quantitative estimate of drug-likeness (QED) is 0.0708. The zero-order chi connectivity index (χ0) is 42.2. The fraction of sp³-hybridized carbons (Fsp3) is 0.488. The Kier molecular flexibility index (Phi) is 20.8. The minimum Gasteiger partial charge on any atom is -0.494 e. The zero-order valence-electron chi connectivity index (χ0n) is 33.4. The topological polar surface area (TPSA) is 215 Å². The van der Waals surface area contributed by atoms with Crippen molar-refractivity contribution in [1.82, 2.24) is 15.6 Å². The number of carboxylic acids is 1. The third-order valence-corrected chi connectivity index (χ3v) is 9.52. The van der Waals surface area contributed by atoms with Gasteiger partial charge in [0, 0.05) is 25.7 Å². The van der Waals surface area contributed by atoms with E-state index in [1.165, 1.54) is 18.3 Å². The van der Waals surface area contributed by atoms with Crippen molar-refractivity contribution < 1.29 is 61.1 Å². The van der Waals surface area contributed by atoms with E-state index in [-0.39, 0.29) is 99.9 Å². The number of aromatic nitrogens is 1. The van der Waals surface area contributed by atoms with Gasteiger partial charge in [0.15, 0.2) is 9.84 Å². The van der Waals surface area contributed by atoms with Crippen LogP contribution in [0.3, 0.4) is 0 Å². The van der Waals surface area contributed by atoms with Gasteiger partial charge < -0.3 is 44.2 Å². The van der Waals surface area contributed by atoms with Crippen LogP contribution >= 0.6 is 0 Å².